The highest BCUT2D eigenvalue weighted by molar-refractivity contribution is 5.96. The predicted molar refractivity (Wildman–Crippen MR) is 90.6 cm³/mol. The van der Waals surface area contributed by atoms with Crippen molar-refractivity contribution in [3.8, 4) is 17.9 Å². The van der Waals surface area contributed by atoms with Crippen molar-refractivity contribution in [3.05, 3.63) is 65.2 Å². The first kappa shape index (κ1) is 17.2. The van der Waals surface area contributed by atoms with Crippen LogP contribution in [-0.4, -0.2) is 12.9 Å². The lowest BCUT2D eigenvalue weighted by Crippen LogP contribution is -2.16. The van der Waals surface area contributed by atoms with E-state index in [4.69, 9.17) is 4.74 Å². The monoisotopic (exact) mass is 318 g/mol. The molecule has 0 aliphatic heterocycles. The van der Waals surface area contributed by atoms with Crippen LogP contribution in [0.25, 0.3) is 0 Å². The topological polar surface area (TPSA) is 73.9 Å². The molecule has 2 aromatic carbocycles. The van der Waals surface area contributed by atoms with Crippen molar-refractivity contribution >= 4 is 5.78 Å². The SMILES string of the molecule is COc1ccccc1C(CC(=O)c1ccc(C)cc1)C(C#N)C#N. The van der Waals surface area contributed by atoms with Gasteiger partial charge in [0, 0.05) is 23.5 Å². The van der Waals surface area contributed by atoms with Crippen LogP contribution in [0.4, 0.5) is 0 Å². The number of nitrogens with zero attached hydrogens (tertiary/aromatic N) is 2. The van der Waals surface area contributed by atoms with E-state index >= 15 is 0 Å². The number of rotatable bonds is 6. The van der Waals surface area contributed by atoms with Gasteiger partial charge in [-0.1, -0.05) is 48.0 Å². The van der Waals surface area contributed by atoms with Gasteiger partial charge in [0.15, 0.2) is 5.78 Å². The first-order valence-corrected chi connectivity index (χ1v) is 7.62. The first-order valence-electron chi connectivity index (χ1n) is 7.62. The molecule has 0 bridgehead atoms. The molecule has 0 aliphatic rings. The fraction of sp³-hybridized carbons (Fsp3) is 0.250. The Labute approximate surface area is 141 Å². The summed E-state index contributed by atoms with van der Waals surface area (Å²) in [6, 6.07) is 18.5. The van der Waals surface area contributed by atoms with Gasteiger partial charge in [-0.15, -0.1) is 0 Å². The van der Waals surface area contributed by atoms with Gasteiger partial charge in [-0.05, 0) is 13.0 Å². The molecule has 4 nitrogen and oxygen atoms in total. The Balaban J connectivity index is 2.37. The number of nitriles is 2. The molecule has 0 aromatic heterocycles. The summed E-state index contributed by atoms with van der Waals surface area (Å²) in [7, 11) is 1.53. The van der Waals surface area contributed by atoms with E-state index in [1.807, 2.05) is 43.3 Å². The molecule has 4 heteroatoms. The third-order valence-electron chi connectivity index (χ3n) is 4.00. The van der Waals surface area contributed by atoms with Crippen molar-refractivity contribution in [2.24, 2.45) is 5.92 Å². The van der Waals surface area contributed by atoms with Crippen LogP contribution in [0.1, 0.15) is 33.8 Å². The van der Waals surface area contributed by atoms with Crippen LogP contribution in [-0.2, 0) is 0 Å². The van der Waals surface area contributed by atoms with Crippen LogP contribution in [0.2, 0.25) is 0 Å². The van der Waals surface area contributed by atoms with E-state index in [0.29, 0.717) is 16.9 Å². The molecule has 0 spiro atoms. The average molecular weight is 318 g/mol. The van der Waals surface area contributed by atoms with Gasteiger partial charge in [0.1, 0.15) is 11.7 Å². The number of aryl methyl sites for hydroxylation is 1. The zero-order valence-corrected chi connectivity index (χ0v) is 13.7. The minimum atomic E-state index is -0.921. The Morgan fingerprint density at radius 3 is 2.29 bits per heavy atom. The number of Topliss-reactive ketones (excluding diaryl/α,β-unsaturated/α-hetero) is 1. The maximum Gasteiger partial charge on any atom is 0.163 e. The van der Waals surface area contributed by atoms with Crippen LogP contribution in [0.3, 0.4) is 0 Å². The third kappa shape index (κ3) is 3.80. The van der Waals surface area contributed by atoms with Gasteiger partial charge < -0.3 is 4.74 Å². The highest BCUT2D eigenvalue weighted by atomic mass is 16.5. The molecule has 2 rings (SSSR count). The molecule has 2 aromatic rings. The van der Waals surface area contributed by atoms with Crippen molar-refractivity contribution in [3.63, 3.8) is 0 Å². The van der Waals surface area contributed by atoms with Crippen LogP contribution in [0.5, 0.6) is 5.75 Å². The van der Waals surface area contributed by atoms with E-state index in [9.17, 15) is 15.3 Å². The molecule has 24 heavy (non-hydrogen) atoms. The van der Waals surface area contributed by atoms with E-state index < -0.39 is 11.8 Å². The van der Waals surface area contributed by atoms with Gasteiger partial charge in [0.2, 0.25) is 0 Å². The van der Waals surface area contributed by atoms with Crippen LogP contribution in [0, 0.1) is 35.5 Å². The van der Waals surface area contributed by atoms with Crippen molar-refractivity contribution in [1.82, 2.24) is 0 Å². The van der Waals surface area contributed by atoms with Crippen molar-refractivity contribution in [2.75, 3.05) is 7.11 Å². The Kier molecular flexibility index (Phi) is 5.71. The molecule has 0 saturated heterocycles. The van der Waals surface area contributed by atoms with Crippen LogP contribution < -0.4 is 4.74 Å². The number of methoxy groups -OCH3 is 1. The quantitative estimate of drug-likeness (QED) is 0.754. The van der Waals surface area contributed by atoms with Gasteiger partial charge >= 0.3 is 0 Å². The molecule has 1 atom stereocenters. The number of ketones is 1. The molecular formula is C20H18N2O2. The van der Waals surface area contributed by atoms with Crippen molar-refractivity contribution in [1.29, 1.82) is 10.5 Å². The van der Waals surface area contributed by atoms with E-state index in [1.165, 1.54) is 7.11 Å². The lowest BCUT2D eigenvalue weighted by Gasteiger charge is -2.20. The number of hydrogen-bond acceptors (Lipinski definition) is 4. The number of hydrogen-bond donors (Lipinski definition) is 0. The summed E-state index contributed by atoms with van der Waals surface area (Å²) in [6.45, 7) is 1.95. The minimum absolute atomic E-state index is 0.0786. The molecule has 0 radical (unpaired) electrons. The normalized spacial score (nSPS) is 11.4. The zero-order chi connectivity index (χ0) is 17.5. The standard InChI is InChI=1S/C20H18N2O2/c1-14-7-9-15(10-8-14)19(23)11-18(16(12-21)13-22)17-5-3-4-6-20(17)24-2/h3-10,16,18H,11H2,1-2H3. The second-order valence-electron chi connectivity index (χ2n) is 5.58. The van der Waals surface area contributed by atoms with Crippen LogP contribution in [0.15, 0.2) is 48.5 Å². The number of ether oxygens (including phenoxy) is 1. The molecule has 1 unspecified atom stereocenters. The van der Waals surface area contributed by atoms with Crippen molar-refractivity contribution in [2.45, 2.75) is 19.3 Å². The zero-order valence-electron chi connectivity index (χ0n) is 13.7. The Hall–Kier alpha value is -3.11. The molecular weight excluding hydrogens is 300 g/mol. The summed E-state index contributed by atoms with van der Waals surface area (Å²) < 4.78 is 5.34. The molecule has 0 N–H and O–H groups in total. The highest BCUT2D eigenvalue weighted by Crippen LogP contribution is 2.35. The summed E-state index contributed by atoms with van der Waals surface area (Å²) in [5.41, 5.74) is 2.35. The fourth-order valence-corrected chi connectivity index (χ4v) is 2.65. The van der Waals surface area contributed by atoms with Gasteiger partial charge in [-0.3, -0.25) is 4.79 Å². The summed E-state index contributed by atoms with van der Waals surface area (Å²) >= 11 is 0. The smallest absolute Gasteiger partial charge is 0.163 e. The van der Waals surface area contributed by atoms with Gasteiger partial charge in [-0.2, -0.15) is 10.5 Å². The van der Waals surface area contributed by atoms with Gasteiger partial charge in [0.25, 0.3) is 0 Å². The Morgan fingerprint density at radius 1 is 1.08 bits per heavy atom. The van der Waals surface area contributed by atoms with Crippen molar-refractivity contribution < 1.29 is 9.53 Å². The second-order valence-corrected chi connectivity index (χ2v) is 5.58. The number of carbonyl (C=O) groups excluding carboxylic acids is 1. The first-order chi connectivity index (χ1) is 11.6. The molecule has 0 aliphatic carbocycles. The maximum absolute atomic E-state index is 12.6. The van der Waals surface area contributed by atoms with E-state index in [0.717, 1.165) is 5.56 Å². The highest BCUT2D eigenvalue weighted by Gasteiger charge is 2.28. The van der Waals surface area contributed by atoms with Gasteiger partial charge in [0.05, 0.1) is 19.2 Å². The summed E-state index contributed by atoms with van der Waals surface area (Å²) in [5.74, 6) is -0.975. The molecule has 0 heterocycles. The average Bonchev–Trinajstić information content (AvgIpc) is 2.62. The lowest BCUT2D eigenvalue weighted by atomic mass is 9.82. The summed E-state index contributed by atoms with van der Waals surface area (Å²) in [5, 5.41) is 18.6. The minimum Gasteiger partial charge on any atom is -0.496 e. The Bertz CT molecular complexity index is 784. The summed E-state index contributed by atoms with van der Waals surface area (Å²) in [4.78, 5) is 12.6. The van der Waals surface area contributed by atoms with Gasteiger partial charge in [-0.25, -0.2) is 0 Å². The predicted octanol–water partition coefficient (Wildman–Crippen LogP) is 4.02. The van der Waals surface area contributed by atoms with E-state index in [-0.39, 0.29) is 12.2 Å². The van der Waals surface area contributed by atoms with Crippen LogP contribution >= 0.6 is 0 Å². The number of benzene rings is 2. The Morgan fingerprint density at radius 2 is 1.71 bits per heavy atom. The largest absolute Gasteiger partial charge is 0.496 e. The maximum atomic E-state index is 12.6. The fourth-order valence-electron chi connectivity index (χ4n) is 2.65. The lowest BCUT2D eigenvalue weighted by molar-refractivity contribution is 0.0970. The van der Waals surface area contributed by atoms with E-state index in [1.54, 1.807) is 24.3 Å². The second kappa shape index (κ2) is 7.94. The number of para-hydroxylation sites is 1. The molecule has 0 saturated carbocycles. The third-order valence-corrected chi connectivity index (χ3v) is 4.00. The van der Waals surface area contributed by atoms with E-state index in [2.05, 4.69) is 0 Å². The molecule has 0 amide bonds. The molecule has 0 fully saturated rings. The summed E-state index contributed by atoms with van der Waals surface area (Å²) in [6.07, 6.45) is 0.0786. The number of carbonyl (C=O) groups is 1. The molecule has 120 valence electrons.